The minimum absolute atomic E-state index is 0.525. The van der Waals surface area contributed by atoms with E-state index in [4.69, 9.17) is 0 Å². The molecule has 0 spiro atoms. The zero-order chi connectivity index (χ0) is 6.78. The molecule has 0 saturated heterocycles. The van der Waals surface area contributed by atoms with Crippen LogP contribution in [0.25, 0.3) is 0 Å². The van der Waals surface area contributed by atoms with Crippen molar-refractivity contribution in [2.75, 3.05) is 0 Å². The second-order valence-electron chi connectivity index (χ2n) is 1.55. The van der Waals surface area contributed by atoms with Gasteiger partial charge in [-0.1, -0.05) is 0 Å². The molecule has 0 N–H and O–H groups in total. The molecule has 0 atom stereocenters. The van der Waals surface area contributed by atoms with Gasteiger partial charge in [0.25, 0.3) is 0 Å². The first kappa shape index (κ1) is 8.04. The van der Waals surface area contributed by atoms with E-state index in [1.807, 2.05) is 0 Å². The fourth-order valence-electron chi connectivity index (χ4n) is 0.236. The molecule has 8 heavy (non-hydrogen) atoms. The summed E-state index contributed by atoms with van der Waals surface area (Å²) >= 11 is -5.13. The van der Waals surface area contributed by atoms with Crippen molar-refractivity contribution in [1.82, 2.24) is 0 Å². The Morgan fingerprint density at radius 3 is 1.88 bits per heavy atom. The topological polar surface area (TPSA) is 66.4 Å². The Morgan fingerprint density at radius 1 is 1.50 bits per heavy atom. The Bertz CT molecular complexity index is 145. The first-order valence-electron chi connectivity index (χ1n) is 2.06. The molecule has 0 aromatic heterocycles. The third-order valence-electron chi connectivity index (χ3n) is 0.310. The second-order valence-corrected chi connectivity index (χ2v) is 3.67. The predicted molar refractivity (Wildman–Crippen MR) is 23.3 cm³/mol. The summed E-state index contributed by atoms with van der Waals surface area (Å²) in [6.07, 6.45) is -0.525. The molecule has 0 aliphatic heterocycles. The van der Waals surface area contributed by atoms with E-state index in [0.29, 0.717) is 0 Å². The molecule has 4 nitrogen and oxygen atoms in total. The van der Waals surface area contributed by atoms with E-state index in [0.717, 1.165) is 0 Å². The Balaban J connectivity index is 3.75. The molecule has 0 radical (unpaired) electrons. The third kappa shape index (κ3) is 6.04. The van der Waals surface area contributed by atoms with Crippen LogP contribution in [0.3, 0.4) is 0 Å². The van der Waals surface area contributed by atoms with Gasteiger partial charge in [0.1, 0.15) is 0 Å². The maximum absolute atomic E-state index is 9.74. The molecule has 0 unspecified atom stereocenters. The summed E-state index contributed by atoms with van der Waals surface area (Å²) in [5, 5.41) is 0. The van der Waals surface area contributed by atoms with Gasteiger partial charge in [-0.15, -0.1) is 0 Å². The summed E-state index contributed by atoms with van der Waals surface area (Å²) < 4.78 is 33.1. The van der Waals surface area contributed by atoms with Crippen molar-refractivity contribution in [1.29, 1.82) is 0 Å². The van der Waals surface area contributed by atoms with E-state index in [1.54, 1.807) is 0 Å². The van der Waals surface area contributed by atoms with Crippen LogP contribution in [-0.2, 0) is 11.5 Å². The molecule has 0 bridgehead atoms. The molecule has 50 valence electrons. The van der Waals surface area contributed by atoms with E-state index in [2.05, 4.69) is 3.82 Å². The summed E-state index contributed by atoms with van der Waals surface area (Å²) in [5.74, 6) is 0. The molecule has 0 aliphatic carbocycles. The molecule has 0 aromatic carbocycles. The van der Waals surface area contributed by atoms with Crippen molar-refractivity contribution in [3.8, 4) is 0 Å². The standard InChI is InChI=1S/C3H8O4Se/c1-3(2)7-8(4,5)6/h3H,1-2H3,(H,4,5,6)/p-1. The van der Waals surface area contributed by atoms with E-state index in [9.17, 15) is 11.9 Å². The van der Waals surface area contributed by atoms with Gasteiger partial charge in [0.05, 0.1) is 0 Å². The van der Waals surface area contributed by atoms with Gasteiger partial charge in [-0.3, -0.25) is 0 Å². The summed E-state index contributed by atoms with van der Waals surface area (Å²) in [4.78, 5) is 0. The Hall–Kier alpha value is 0.0395. The van der Waals surface area contributed by atoms with Crippen molar-refractivity contribution in [2.24, 2.45) is 0 Å². The first-order valence-corrected chi connectivity index (χ1v) is 4.85. The Labute approximate surface area is 49.7 Å². The fourth-order valence-corrected chi connectivity index (χ4v) is 1.22. The summed E-state index contributed by atoms with van der Waals surface area (Å²) in [6.45, 7) is 2.97. The average Bonchev–Trinajstić information content (AvgIpc) is 1.21. The molecule has 0 fully saturated rings. The zero-order valence-corrected chi connectivity index (χ0v) is 6.33. The van der Waals surface area contributed by atoms with Gasteiger partial charge in [0.15, 0.2) is 0 Å². The maximum atomic E-state index is 9.74. The van der Waals surface area contributed by atoms with Crippen LogP contribution >= 0.6 is 0 Å². The average molecular weight is 186 g/mol. The Morgan fingerprint density at radius 2 is 1.88 bits per heavy atom. The van der Waals surface area contributed by atoms with E-state index >= 15 is 0 Å². The van der Waals surface area contributed by atoms with Gasteiger partial charge in [-0.05, 0) is 0 Å². The second kappa shape index (κ2) is 2.55. The molecule has 0 rings (SSSR count). The quantitative estimate of drug-likeness (QED) is 0.522. The molecule has 0 aliphatic rings. The normalized spacial score (nSPS) is 12.5. The fraction of sp³-hybridized carbons (Fsp3) is 1.00. The number of hydrogen-bond donors (Lipinski definition) is 0. The van der Waals surface area contributed by atoms with Crippen LogP contribution in [0.5, 0.6) is 0 Å². The van der Waals surface area contributed by atoms with Crippen LogP contribution in [-0.4, -0.2) is 19.5 Å². The third-order valence-corrected chi connectivity index (χ3v) is 1.61. The van der Waals surface area contributed by atoms with Gasteiger partial charge >= 0.3 is 49.0 Å². The van der Waals surface area contributed by atoms with Crippen molar-refractivity contribution < 1.29 is 15.7 Å². The van der Waals surface area contributed by atoms with E-state index in [1.165, 1.54) is 13.8 Å². The molecular weight excluding hydrogens is 179 g/mol. The predicted octanol–water partition coefficient (Wildman–Crippen LogP) is -0.932. The number of rotatable bonds is 2. The van der Waals surface area contributed by atoms with E-state index in [-0.39, 0.29) is 0 Å². The van der Waals surface area contributed by atoms with Crippen LogP contribution in [0.2, 0.25) is 0 Å². The van der Waals surface area contributed by atoms with Crippen LogP contribution < -0.4 is 4.19 Å². The van der Waals surface area contributed by atoms with Crippen molar-refractivity contribution >= 4 is 13.4 Å². The number of hydrogen-bond acceptors (Lipinski definition) is 4. The summed E-state index contributed by atoms with van der Waals surface area (Å²) in [6, 6.07) is 0. The van der Waals surface area contributed by atoms with Gasteiger partial charge in [0.2, 0.25) is 0 Å². The van der Waals surface area contributed by atoms with Crippen molar-refractivity contribution in [3.63, 3.8) is 0 Å². The van der Waals surface area contributed by atoms with Crippen LogP contribution in [0.4, 0.5) is 0 Å². The van der Waals surface area contributed by atoms with Gasteiger partial charge in [0, 0.05) is 0 Å². The van der Waals surface area contributed by atoms with Crippen LogP contribution in [0, 0.1) is 0 Å². The van der Waals surface area contributed by atoms with Gasteiger partial charge in [-0.2, -0.15) is 0 Å². The minimum atomic E-state index is -5.13. The molecule has 0 heterocycles. The van der Waals surface area contributed by atoms with Crippen LogP contribution in [0.1, 0.15) is 13.8 Å². The van der Waals surface area contributed by atoms with Gasteiger partial charge in [-0.25, -0.2) is 0 Å². The molecule has 5 heteroatoms. The summed E-state index contributed by atoms with van der Waals surface area (Å²) in [7, 11) is 0. The monoisotopic (exact) mass is 187 g/mol. The van der Waals surface area contributed by atoms with Gasteiger partial charge < -0.3 is 0 Å². The van der Waals surface area contributed by atoms with Crippen molar-refractivity contribution in [3.05, 3.63) is 0 Å². The zero-order valence-electron chi connectivity index (χ0n) is 4.62. The van der Waals surface area contributed by atoms with Crippen molar-refractivity contribution in [2.45, 2.75) is 20.0 Å². The molecule has 0 aromatic rings. The Kier molecular flexibility index (Phi) is 2.56. The SMILES string of the molecule is CC(C)O[Se](=O)(=O)[O-]. The molecule has 0 amide bonds. The molecule has 0 saturated carbocycles. The van der Waals surface area contributed by atoms with E-state index < -0.39 is 19.5 Å². The first-order chi connectivity index (χ1) is 3.42. The summed E-state index contributed by atoms with van der Waals surface area (Å²) in [5.41, 5.74) is 0. The van der Waals surface area contributed by atoms with Crippen LogP contribution in [0.15, 0.2) is 0 Å². The molecular formula is C3H7O4Se-.